The van der Waals surface area contributed by atoms with Gasteiger partial charge in [-0.3, -0.25) is 9.69 Å². The van der Waals surface area contributed by atoms with Gasteiger partial charge in [0.05, 0.1) is 29.0 Å². The van der Waals surface area contributed by atoms with Crippen LogP contribution in [0, 0.1) is 0 Å². The molecule has 5 heterocycles. The molecule has 0 radical (unpaired) electrons. The normalized spacial score (nSPS) is 19.1. The van der Waals surface area contributed by atoms with Gasteiger partial charge >= 0.3 is 5.97 Å². The van der Waals surface area contributed by atoms with Crippen molar-refractivity contribution in [3.8, 4) is 11.4 Å². The number of benzene rings is 3. The van der Waals surface area contributed by atoms with E-state index in [9.17, 15) is 14.7 Å². The number of carbonyl (C=O) groups excluding carboxylic acids is 1. The van der Waals surface area contributed by atoms with Crippen LogP contribution in [0.25, 0.3) is 33.1 Å². The van der Waals surface area contributed by atoms with Gasteiger partial charge in [0.15, 0.2) is 10.7 Å². The molecule has 3 aliphatic heterocycles. The highest BCUT2D eigenvalue weighted by molar-refractivity contribution is 7.80. The number of aliphatic hydroxyl groups is 1. The summed E-state index contributed by atoms with van der Waals surface area (Å²) in [6.45, 7) is 5.88. The van der Waals surface area contributed by atoms with Gasteiger partial charge in [-0.1, -0.05) is 61.5 Å². The monoisotopic (exact) mass is 631 g/mol. The van der Waals surface area contributed by atoms with Crippen LogP contribution < -0.4 is 10.9 Å². The van der Waals surface area contributed by atoms with Gasteiger partial charge in [0.25, 0.3) is 5.56 Å². The number of piperazine rings is 1. The van der Waals surface area contributed by atoms with Crippen molar-refractivity contribution in [1.82, 2.24) is 19.4 Å². The van der Waals surface area contributed by atoms with Crippen molar-refractivity contribution in [2.75, 3.05) is 31.5 Å². The summed E-state index contributed by atoms with van der Waals surface area (Å²) in [6, 6.07) is 24.4. The van der Waals surface area contributed by atoms with E-state index in [0.29, 0.717) is 29.9 Å². The Morgan fingerprint density at radius 1 is 0.978 bits per heavy atom. The molecule has 1 atom stereocenters. The van der Waals surface area contributed by atoms with Crippen LogP contribution in [0.4, 0.5) is 5.69 Å². The van der Waals surface area contributed by atoms with Gasteiger partial charge in [-0.05, 0) is 47.8 Å². The maximum atomic E-state index is 13.8. The maximum absolute atomic E-state index is 13.8. The highest BCUT2D eigenvalue weighted by Gasteiger charge is 2.45. The quantitative estimate of drug-likeness (QED) is 0.211. The number of cyclic esters (lactones) is 1. The van der Waals surface area contributed by atoms with Gasteiger partial charge in [0.1, 0.15) is 6.61 Å². The fourth-order valence-corrected chi connectivity index (χ4v) is 7.45. The zero-order chi connectivity index (χ0) is 31.6. The Morgan fingerprint density at radius 2 is 1.72 bits per heavy atom. The first kappa shape index (κ1) is 28.8. The number of rotatable bonds is 4. The highest BCUT2D eigenvalue weighted by atomic mass is 32.1. The summed E-state index contributed by atoms with van der Waals surface area (Å²) < 4.78 is 6.96. The van der Waals surface area contributed by atoms with E-state index in [1.807, 2.05) is 36.4 Å². The largest absolute Gasteiger partial charge is 0.458 e. The number of nitrogens with one attached hydrogen (secondary N) is 1. The van der Waals surface area contributed by atoms with E-state index < -0.39 is 11.6 Å². The number of hydrogen-bond donors (Lipinski definition) is 2. The van der Waals surface area contributed by atoms with E-state index in [-0.39, 0.29) is 18.6 Å². The van der Waals surface area contributed by atoms with Crippen molar-refractivity contribution in [2.24, 2.45) is 0 Å². The van der Waals surface area contributed by atoms with Crippen molar-refractivity contribution in [3.63, 3.8) is 0 Å². The minimum atomic E-state index is -1.85. The molecule has 232 valence electrons. The molecule has 3 aliphatic rings. The molecule has 0 spiro atoms. The lowest BCUT2D eigenvalue weighted by atomic mass is 9.86. The van der Waals surface area contributed by atoms with E-state index in [4.69, 9.17) is 21.9 Å². The number of thiocarbonyl (C=S) groups is 1. The second kappa shape index (κ2) is 11.0. The number of carbonyl (C=O) groups is 1. The van der Waals surface area contributed by atoms with Gasteiger partial charge in [-0.25, -0.2) is 9.78 Å². The first-order chi connectivity index (χ1) is 22.4. The van der Waals surface area contributed by atoms with Gasteiger partial charge in [0.2, 0.25) is 0 Å². The smallest absolute Gasteiger partial charge is 0.343 e. The Balaban J connectivity index is 1.08. The highest BCUT2D eigenvalue weighted by Crippen LogP contribution is 2.40. The fourth-order valence-electron chi connectivity index (χ4n) is 7.15. The summed E-state index contributed by atoms with van der Waals surface area (Å²) in [4.78, 5) is 36.1. The molecular weight excluding hydrogens is 598 g/mol. The fraction of sp³-hybridized carbons (Fsp3) is 0.278. The number of esters is 1. The van der Waals surface area contributed by atoms with Crippen LogP contribution in [0.5, 0.6) is 0 Å². The molecule has 0 aliphatic carbocycles. The molecule has 10 heteroatoms. The number of fused-ring (bicyclic) bond motifs is 6. The lowest BCUT2D eigenvalue weighted by Gasteiger charge is -2.36. The molecule has 0 bridgehead atoms. The average molecular weight is 632 g/mol. The standard InChI is InChI=1S/C36H33N5O4S/c1-2-36(44)28-18-31-32-26(20-41(31)33(42)27(28)21-45-34(36)43)25(24-11-5-6-12-30(24)37-32)19-39-14-16-40(17-15-39)35(46)38-29-13-7-9-22-8-3-4-10-23(22)29/h3-13,18,44H,2,14-17,19-21H2,1H3,(H,38,46)/t36-/m0/s1. The Kier molecular flexibility index (Phi) is 6.89. The summed E-state index contributed by atoms with van der Waals surface area (Å²) in [6.07, 6.45) is 0.109. The number of hydrogen-bond acceptors (Lipinski definition) is 7. The number of anilines is 1. The minimum absolute atomic E-state index is 0.109. The maximum Gasteiger partial charge on any atom is 0.343 e. The zero-order valence-corrected chi connectivity index (χ0v) is 26.3. The third kappa shape index (κ3) is 4.51. The first-order valence-corrected chi connectivity index (χ1v) is 16.1. The summed E-state index contributed by atoms with van der Waals surface area (Å²) in [5.74, 6) is -0.719. The Hall–Kier alpha value is -4.64. The van der Waals surface area contributed by atoms with Crippen LogP contribution in [-0.2, 0) is 34.8 Å². The predicted octanol–water partition coefficient (Wildman–Crippen LogP) is 4.75. The SMILES string of the molecule is CC[C@@]1(O)C(=O)OCc2c1cc1n(c2=O)Cc2c-1nc1ccccc1c2CN1CCN(C(=S)Nc2cccc3ccccc23)CC1. The van der Waals surface area contributed by atoms with Gasteiger partial charge in [-0.15, -0.1) is 0 Å². The topological polar surface area (TPSA) is 99.9 Å². The molecule has 5 aromatic rings. The molecule has 1 fully saturated rings. The number of aromatic nitrogens is 2. The van der Waals surface area contributed by atoms with Crippen molar-refractivity contribution < 1.29 is 14.6 Å². The van der Waals surface area contributed by atoms with E-state index >= 15 is 0 Å². The summed E-state index contributed by atoms with van der Waals surface area (Å²) >= 11 is 5.85. The molecule has 2 N–H and O–H groups in total. The lowest BCUT2D eigenvalue weighted by molar-refractivity contribution is -0.172. The van der Waals surface area contributed by atoms with E-state index in [1.54, 1.807) is 17.6 Å². The number of para-hydroxylation sites is 1. The van der Waals surface area contributed by atoms with Crippen LogP contribution in [0.15, 0.2) is 77.6 Å². The second-order valence-corrected chi connectivity index (χ2v) is 12.6. The molecule has 46 heavy (non-hydrogen) atoms. The van der Waals surface area contributed by atoms with Crippen LogP contribution in [-0.4, -0.2) is 61.7 Å². The number of pyridine rings is 2. The number of nitrogens with zero attached hydrogens (tertiary/aromatic N) is 4. The van der Waals surface area contributed by atoms with E-state index in [2.05, 4.69) is 45.4 Å². The van der Waals surface area contributed by atoms with Crippen LogP contribution in [0.2, 0.25) is 0 Å². The second-order valence-electron chi connectivity index (χ2n) is 12.3. The lowest BCUT2D eigenvalue weighted by Crippen LogP contribution is -2.49. The van der Waals surface area contributed by atoms with Crippen LogP contribution >= 0.6 is 12.2 Å². The summed E-state index contributed by atoms with van der Waals surface area (Å²) in [5.41, 5.74) is 3.91. The zero-order valence-electron chi connectivity index (χ0n) is 25.5. The van der Waals surface area contributed by atoms with Crippen molar-refractivity contribution >= 4 is 50.7 Å². The molecule has 3 aromatic carbocycles. The number of ether oxygens (including phenoxy) is 1. The molecule has 8 rings (SSSR count). The van der Waals surface area contributed by atoms with Crippen LogP contribution in [0.1, 0.15) is 35.6 Å². The van der Waals surface area contributed by atoms with Gasteiger partial charge in [0, 0.05) is 60.3 Å². The van der Waals surface area contributed by atoms with Crippen molar-refractivity contribution in [3.05, 3.63) is 105 Å². The van der Waals surface area contributed by atoms with E-state index in [1.165, 1.54) is 5.39 Å². The first-order valence-electron chi connectivity index (χ1n) is 15.7. The summed E-state index contributed by atoms with van der Waals surface area (Å²) in [5, 5.41) is 18.8. The predicted molar refractivity (Wildman–Crippen MR) is 182 cm³/mol. The minimum Gasteiger partial charge on any atom is -0.458 e. The Labute approximate surface area is 271 Å². The molecule has 9 nitrogen and oxygen atoms in total. The molecule has 0 saturated carbocycles. The van der Waals surface area contributed by atoms with Crippen molar-refractivity contribution in [1.29, 1.82) is 0 Å². The van der Waals surface area contributed by atoms with Crippen LogP contribution in [0.3, 0.4) is 0 Å². The molecule has 2 aromatic heterocycles. The third-order valence-electron chi connectivity index (χ3n) is 9.79. The van der Waals surface area contributed by atoms with Gasteiger partial charge < -0.3 is 24.6 Å². The molecule has 0 unspecified atom stereocenters. The summed E-state index contributed by atoms with van der Waals surface area (Å²) in [7, 11) is 0. The molecule has 1 saturated heterocycles. The molecular formula is C36H33N5O4S. The Morgan fingerprint density at radius 3 is 2.52 bits per heavy atom. The average Bonchev–Trinajstić information content (AvgIpc) is 3.46. The van der Waals surface area contributed by atoms with Crippen molar-refractivity contribution in [2.45, 2.75) is 38.6 Å². The Bertz CT molecular complexity index is 2130. The van der Waals surface area contributed by atoms with E-state index in [0.717, 1.165) is 70.1 Å². The van der Waals surface area contributed by atoms with Gasteiger partial charge in [-0.2, -0.15) is 0 Å². The molecule has 0 amide bonds. The third-order valence-corrected chi connectivity index (χ3v) is 10.1.